The quantitative estimate of drug-likeness (QED) is 0.858. The van der Waals surface area contributed by atoms with Crippen LogP contribution < -0.4 is 16.0 Å². The van der Waals surface area contributed by atoms with Gasteiger partial charge in [-0.2, -0.15) is 0 Å². The topological polar surface area (TPSA) is 75.4 Å². The Balaban J connectivity index is 0.00000200. The average Bonchev–Trinajstić information content (AvgIpc) is 2.43. The van der Waals surface area contributed by atoms with Crippen LogP contribution in [0.25, 0.3) is 0 Å². The van der Waals surface area contributed by atoms with Gasteiger partial charge in [-0.15, -0.1) is 12.4 Å². The summed E-state index contributed by atoms with van der Waals surface area (Å²) in [6.07, 6.45) is 1.54. The lowest BCUT2D eigenvalue weighted by Gasteiger charge is -2.29. The second kappa shape index (κ2) is 7.21. The molecule has 2 amide bonds. The Morgan fingerprint density at radius 2 is 2.15 bits per heavy atom. The van der Waals surface area contributed by atoms with E-state index in [1.807, 2.05) is 0 Å². The molecule has 1 aliphatic heterocycles. The monoisotopic (exact) mass is 301 g/mol. The lowest BCUT2D eigenvalue weighted by molar-refractivity contribution is -0.124. The van der Waals surface area contributed by atoms with Crippen LogP contribution in [0.2, 0.25) is 0 Å². The van der Waals surface area contributed by atoms with Crippen molar-refractivity contribution in [2.24, 2.45) is 5.73 Å². The fourth-order valence-electron chi connectivity index (χ4n) is 2.17. The van der Waals surface area contributed by atoms with E-state index in [1.54, 1.807) is 11.0 Å². The van der Waals surface area contributed by atoms with Crippen LogP contribution in [0.15, 0.2) is 18.2 Å². The Kier molecular flexibility index (Phi) is 5.91. The molecule has 110 valence electrons. The van der Waals surface area contributed by atoms with Crippen LogP contribution in [-0.4, -0.2) is 31.4 Å². The summed E-state index contributed by atoms with van der Waals surface area (Å²) in [5, 5.41) is 2.44. The molecule has 0 spiro atoms. The number of nitrogens with one attached hydrogen (secondary N) is 1. The predicted octanol–water partition coefficient (Wildman–Crippen LogP) is 0.602. The van der Waals surface area contributed by atoms with Crippen LogP contribution in [0.4, 0.5) is 10.1 Å². The molecule has 0 aromatic heterocycles. The maximum absolute atomic E-state index is 13.1. The fraction of sp³-hybridized carbons (Fsp3) is 0.385. The molecule has 0 aliphatic carbocycles. The lowest BCUT2D eigenvalue weighted by atomic mass is 10.0. The Morgan fingerprint density at radius 3 is 2.85 bits per heavy atom. The third kappa shape index (κ3) is 3.68. The van der Waals surface area contributed by atoms with Gasteiger partial charge in [-0.05, 0) is 36.6 Å². The molecule has 3 N–H and O–H groups in total. The van der Waals surface area contributed by atoms with Crippen LogP contribution in [0, 0.1) is 5.82 Å². The first kappa shape index (κ1) is 16.4. The van der Waals surface area contributed by atoms with Crippen molar-refractivity contribution in [2.75, 3.05) is 24.5 Å². The number of nitrogens with zero attached hydrogens (tertiary/aromatic N) is 1. The van der Waals surface area contributed by atoms with Crippen LogP contribution in [0.3, 0.4) is 0 Å². The van der Waals surface area contributed by atoms with Crippen molar-refractivity contribution in [2.45, 2.75) is 12.8 Å². The SMILES string of the molecule is Cl.NCC(=O)NCC(=O)N1CCCc2cc(F)ccc21. The number of carbonyl (C=O) groups excluding carboxylic acids is 2. The normalized spacial score (nSPS) is 13.2. The molecule has 0 unspecified atom stereocenters. The van der Waals surface area contributed by atoms with Gasteiger partial charge in [0.05, 0.1) is 13.1 Å². The molecule has 0 radical (unpaired) electrons. The van der Waals surface area contributed by atoms with Gasteiger partial charge < -0.3 is 16.0 Å². The van der Waals surface area contributed by atoms with Gasteiger partial charge in [-0.25, -0.2) is 4.39 Å². The molecule has 0 atom stereocenters. The zero-order chi connectivity index (χ0) is 13.8. The van der Waals surface area contributed by atoms with E-state index in [-0.39, 0.29) is 43.1 Å². The molecule has 1 aromatic rings. The highest BCUT2D eigenvalue weighted by molar-refractivity contribution is 5.97. The number of rotatable bonds is 3. The smallest absolute Gasteiger partial charge is 0.246 e. The number of hydrogen-bond donors (Lipinski definition) is 2. The molecule has 7 heteroatoms. The van der Waals surface area contributed by atoms with Gasteiger partial charge in [0.25, 0.3) is 0 Å². The van der Waals surface area contributed by atoms with Gasteiger partial charge in [0.2, 0.25) is 11.8 Å². The van der Waals surface area contributed by atoms with Gasteiger partial charge in [0.15, 0.2) is 0 Å². The van der Waals surface area contributed by atoms with Gasteiger partial charge in [-0.1, -0.05) is 0 Å². The zero-order valence-electron chi connectivity index (χ0n) is 10.9. The minimum atomic E-state index is -0.371. The molecule has 1 aliphatic rings. The Hall–Kier alpha value is -1.66. The van der Waals surface area contributed by atoms with E-state index in [4.69, 9.17) is 5.73 Å². The summed E-state index contributed by atoms with van der Waals surface area (Å²) in [4.78, 5) is 24.7. The highest BCUT2D eigenvalue weighted by Gasteiger charge is 2.22. The molecule has 2 rings (SSSR count). The Labute approximate surface area is 122 Å². The van der Waals surface area contributed by atoms with Gasteiger partial charge in [-0.3, -0.25) is 9.59 Å². The standard InChI is InChI=1S/C13H16FN3O2.ClH/c14-10-3-4-11-9(6-10)2-1-5-17(11)13(19)8-16-12(18)7-15;/h3-4,6H,1-2,5,7-8,15H2,(H,16,18);1H. The first-order chi connectivity index (χ1) is 9.11. The van der Waals surface area contributed by atoms with Crippen molar-refractivity contribution < 1.29 is 14.0 Å². The minimum Gasteiger partial charge on any atom is -0.346 e. The number of anilines is 1. The van der Waals surface area contributed by atoms with Crippen LogP contribution in [0.1, 0.15) is 12.0 Å². The van der Waals surface area contributed by atoms with Gasteiger partial charge >= 0.3 is 0 Å². The van der Waals surface area contributed by atoms with E-state index in [9.17, 15) is 14.0 Å². The van der Waals surface area contributed by atoms with E-state index >= 15 is 0 Å². The summed E-state index contributed by atoms with van der Waals surface area (Å²) in [5.41, 5.74) is 6.70. The third-order valence-electron chi connectivity index (χ3n) is 3.08. The molecule has 1 aromatic carbocycles. The summed E-state index contributed by atoms with van der Waals surface area (Å²) in [5.74, 6) is -0.886. The maximum Gasteiger partial charge on any atom is 0.246 e. The lowest BCUT2D eigenvalue weighted by Crippen LogP contribution is -2.43. The number of carbonyl (C=O) groups is 2. The Bertz CT molecular complexity index is 510. The first-order valence-corrected chi connectivity index (χ1v) is 6.17. The van der Waals surface area contributed by atoms with E-state index in [2.05, 4.69) is 5.32 Å². The van der Waals surface area contributed by atoms with Crippen LogP contribution in [-0.2, 0) is 16.0 Å². The average molecular weight is 302 g/mol. The summed E-state index contributed by atoms with van der Waals surface area (Å²) >= 11 is 0. The number of amides is 2. The summed E-state index contributed by atoms with van der Waals surface area (Å²) in [7, 11) is 0. The van der Waals surface area contributed by atoms with E-state index in [0.717, 1.165) is 24.1 Å². The van der Waals surface area contributed by atoms with Crippen molar-refractivity contribution in [1.82, 2.24) is 5.32 Å². The first-order valence-electron chi connectivity index (χ1n) is 6.17. The number of hydrogen-bond acceptors (Lipinski definition) is 3. The van der Waals surface area contributed by atoms with E-state index < -0.39 is 0 Å². The molecule has 0 bridgehead atoms. The van der Waals surface area contributed by atoms with Crippen molar-refractivity contribution in [3.8, 4) is 0 Å². The highest BCUT2D eigenvalue weighted by Crippen LogP contribution is 2.27. The predicted molar refractivity (Wildman–Crippen MR) is 76.4 cm³/mol. The van der Waals surface area contributed by atoms with Gasteiger partial charge in [0, 0.05) is 12.2 Å². The van der Waals surface area contributed by atoms with Crippen molar-refractivity contribution in [3.05, 3.63) is 29.6 Å². The number of benzene rings is 1. The highest BCUT2D eigenvalue weighted by atomic mass is 35.5. The third-order valence-corrected chi connectivity index (χ3v) is 3.08. The van der Waals surface area contributed by atoms with E-state index in [0.29, 0.717) is 6.54 Å². The van der Waals surface area contributed by atoms with Crippen molar-refractivity contribution in [3.63, 3.8) is 0 Å². The van der Waals surface area contributed by atoms with Crippen LogP contribution >= 0.6 is 12.4 Å². The molecule has 5 nitrogen and oxygen atoms in total. The molecular formula is C13H17ClFN3O2. The van der Waals surface area contributed by atoms with Crippen LogP contribution in [0.5, 0.6) is 0 Å². The molecule has 0 saturated heterocycles. The Morgan fingerprint density at radius 1 is 1.40 bits per heavy atom. The summed E-state index contributed by atoms with van der Waals surface area (Å²) < 4.78 is 13.1. The minimum absolute atomic E-state index is 0. The number of aryl methyl sites for hydroxylation is 1. The van der Waals surface area contributed by atoms with Crippen molar-refractivity contribution in [1.29, 1.82) is 0 Å². The number of halogens is 2. The molecular weight excluding hydrogens is 285 g/mol. The summed E-state index contributed by atoms with van der Waals surface area (Å²) in [6.45, 7) is 0.345. The molecule has 1 heterocycles. The largest absolute Gasteiger partial charge is 0.346 e. The number of nitrogens with two attached hydrogens (primary N) is 1. The molecule has 20 heavy (non-hydrogen) atoms. The second-order valence-corrected chi connectivity index (χ2v) is 4.40. The number of fused-ring (bicyclic) bond motifs is 1. The summed E-state index contributed by atoms with van der Waals surface area (Å²) in [6, 6.07) is 4.39. The maximum atomic E-state index is 13.1. The molecule has 0 saturated carbocycles. The molecule has 0 fully saturated rings. The van der Waals surface area contributed by atoms with Crippen molar-refractivity contribution >= 4 is 29.9 Å². The van der Waals surface area contributed by atoms with E-state index in [1.165, 1.54) is 12.1 Å². The second-order valence-electron chi connectivity index (χ2n) is 4.40. The fourth-order valence-corrected chi connectivity index (χ4v) is 2.17. The zero-order valence-corrected chi connectivity index (χ0v) is 11.7. The van der Waals surface area contributed by atoms with Gasteiger partial charge in [0.1, 0.15) is 5.82 Å².